The van der Waals surface area contributed by atoms with Gasteiger partial charge in [-0.2, -0.15) is 0 Å². The molecule has 0 spiro atoms. The number of benzene rings is 1. The lowest BCUT2D eigenvalue weighted by molar-refractivity contribution is -0.384. The van der Waals surface area contributed by atoms with Gasteiger partial charge in [0, 0.05) is 18.7 Å². The second kappa shape index (κ2) is 6.70. The Balaban J connectivity index is 2.53. The van der Waals surface area contributed by atoms with Crippen LogP contribution in [-0.4, -0.2) is 24.7 Å². The zero-order valence-electron chi connectivity index (χ0n) is 10.1. The molecule has 0 bridgehead atoms. The van der Waals surface area contributed by atoms with E-state index in [0.29, 0.717) is 19.8 Å². The van der Waals surface area contributed by atoms with Crippen LogP contribution >= 0.6 is 0 Å². The molecule has 0 unspecified atom stereocenters. The lowest BCUT2D eigenvalue weighted by Crippen LogP contribution is -2.11. The molecular formula is C12H15FN2O3. The number of nitrogens with zero attached hydrogens (tertiary/aromatic N) is 1. The summed E-state index contributed by atoms with van der Waals surface area (Å²) in [5.41, 5.74) is 0.891. The van der Waals surface area contributed by atoms with E-state index in [0.717, 1.165) is 23.8 Å². The van der Waals surface area contributed by atoms with E-state index < -0.39 is 10.7 Å². The Morgan fingerprint density at radius 1 is 1.61 bits per heavy atom. The van der Waals surface area contributed by atoms with E-state index in [1.54, 1.807) is 0 Å². The molecule has 6 heteroatoms. The standard InChI is InChI=1S/C12H15FN2O3/c1-9(2)8-18-6-5-14-11-7-10(13)3-4-12(11)15(16)17/h3-4,7,14H,1,5-6,8H2,2H3. The number of nitro groups is 1. The van der Waals surface area contributed by atoms with Gasteiger partial charge in [0.15, 0.2) is 0 Å². The molecule has 0 aliphatic carbocycles. The summed E-state index contributed by atoms with van der Waals surface area (Å²) in [4.78, 5) is 10.2. The average molecular weight is 254 g/mol. The maximum absolute atomic E-state index is 13.0. The van der Waals surface area contributed by atoms with Crippen LogP contribution in [0.3, 0.4) is 0 Å². The molecule has 1 N–H and O–H groups in total. The van der Waals surface area contributed by atoms with Crippen LogP contribution in [0.5, 0.6) is 0 Å². The third-order valence-corrected chi connectivity index (χ3v) is 2.07. The van der Waals surface area contributed by atoms with Gasteiger partial charge in [0.1, 0.15) is 11.5 Å². The molecule has 0 atom stereocenters. The van der Waals surface area contributed by atoms with Crippen molar-refractivity contribution in [3.8, 4) is 0 Å². The lowest BCUT2D eigenvalue weighted by Gasteiger charge is -2.08. The van der Waals surface area contributed by atoms with Gasteiger partial charge in [-0.1, -0.05) is 12.2 Å². The number of nitro benzene ring substituents is 1. The summed E-state index contributed by atoms with van der Waals surface area (Å²) in [6.07, 6.45) is 0. The van der Waals surface area contributed by atoms with E-state index >= 15 is 0 Å². The van der Waals surface area contributed by atoms with Gasteiger partial charge >= 0.3 is 0 Å². The van der Waals surface area contributed by atoms with Crippen LogP contribution in [-0.2, 0) is 4.74 Å². The first-order chi connectivity index (χ1) is 8.50. The zero-order chi connectivity index (χ0) is 13.5. The van der Waals surface area contributed by atoms with Crippen molar-refractivity contribution in [3.63, 3.8) is 0 Å². The highest BCUT2D eigenvalue weighted by Crippen LogP contribution is 2.24. The maximum atomic E-state index is 13.0. The lowest BCUT2D eigenvalue weighted by atomic mass is 10.2. The quantitative estimate of drug-likeness (QED) is 0.351. The van der Waals surface area contributed by atoms with Crippen molar-refractivity contribution in [1.82, 2.24) is 0 Å². The molecule has 0 amide bonds. The van der Waals surface area contributed by atoms with E-state index in [9.17, 15) is 14.5 Å². The van der Waals surface area contributed by atoms with Crippen LogP contribution in [0.2, 0.25) is 0 Å². The molecule has 0 radical (unpaired) electrons. The Bertz CT molecular complexity index is 449. The summed E-state index contributed by atoms with van der Waals surface area (Å²) in [5, 5.41) is 13.5. The number of hydrogen-bond acceptors (Lipinski definition) is 4. The molecule has 5 nitrogen and oxygen atoms in total. The number of halogens is 1. The molecule has 0 aliphatic heterocycles. The highest BCUT2D eigenvalue weighted by Gasteiger charge is 2.13. The first kappa shape index (κ1) is 14.1. The van der Waals surface area contributed by atoms with Crippen molar-refractivity contribution in [3.05, 3.63) is 46.3 Å². The van der Waals surface area contributed by atoms with Gasteiger partial charge in [-0.25, -0.2) is 4.39 Å². The van der Waals surface area contributed by atoms with Crippen molar-refractivity contribution >= 4 is 11.4 Å². The topological polar surface area (TPSA) is 64.4 Å². The molecule has 1 rings (SSSR count). The van der Waals surface area contributed by atoms with Gasteiger partial charge < -0.3 is 10.1 Å². The molecule has 0 aliphatic rings. The van der Waals surface area contributed by atoms with E-state index in [1.807, 2.05) is 6.92 Å². The number of nitrogens with one attached hydrogen (secondary N) is 1. The maximum Gasteiger partial charge on any atom is 0.292 e. The highest BCUT2D eigenvalue weighted by molar-refractivity contribution is 5.61. The summed E-state index contributed by atoms with van der Waals surface area (Å²) in [5.74, 6) is -0.522. The predicted molar refractivity (Wildman–Crippen MR) is 67.2 cm³/mol. The van der Waals surface area contributed by atoms with Crippen LogP contribution in [0.25, 0.3) is 0 Å². The van der Waals surface area contributed by atoms with Crippen LogP contribution in [0, 0.1) is 15.9 Å². The predicted octanol–water partition coefficient (Wildman–Crippen LogP) is 2.74. The van der Waals surface area contributed by atoms with Crippen molar-refractivity contribution in [2.45, 2.75) is 6.92 Å². The molecule has 98 valence electrons. The molecular weight excluding hydrogens is 239 g/mol. The molecule has 0 fully saturated rings. The van der Waals surface area contributed by atoms with E-state index in [-0.39, 0.29) is 11.4 Å². The third-order valence-electron chi connectivity index (χ3n) is 2.07. The number of hydrogen-bond donors (Lipinski definition) is 1. The van der Waals surface area contributed by atoms with Gasteiger partial charge in [-0.15, -0.1) is 0 Å². The minimum Gasteiger partial charge on any atom is -0.377 e. The largest absolute Gasteiger partial charge is 0.377 e. The van der Waals surface area contributed by atoms with Crippen LogP contribution in [0.15, 0.2) is 30.4 Å². The summed E-state index contributed by atoms with van der Waals surface area (Å²) in [7, 11) is 0. The van der Waals surface area contributed by atoms with Gasteiger partial charge in [0.2, 0.25) is 0 Å². The zero-order valence-corrected chi connectivity index (χ0v) is 10.1. The first-order valence-corrected chi connectivity index (χ1v) is 5.40. The van der Waals surface area contributed by atoms with Crippen molar-refractivity contribution in [2.24, 2.45) is 0 Å². The molecule has 18 heavy (non-hydrogen) atoms. The van der Waals surface area contributed by atoms with Gasteiger partial charge in [0.05, 0.1) is 18.1 Å². The summed E-state index contributed by atoms with van der Waals surface area (Å²) in [6, 6.07) is 3.28. The average Bonchev–Trinajstić information content (AvgIpc) is 2.27. The minimum atomic E-state index is -0.559. The molecule has 0 heterocycles. The molecule has 1 aromatic carbocycles. The Kier molecular flexibility index (Phi) is 5.26. The van der Waals surface area contributed by atoms with Crippen LogP contribution in [0.1, 0.15) is 6.92 Å². The van der Waals surface area contributed by atoms with Crippen molar-refractivity contribution in [1.29, 1.82) is 0 Å². The Labute approximate surface area is 104 Å². The Morgan fingerprint density at radius 3 is 2.94 bits per heavy atom. The molecule has 0 saturated heterocycles. The second-order valence-electron chi connectivity index (χ2n) is 3.86. The van der Waals surface area contributed by atoms with Crippen LogP contribution in [0.4, 0.5) is 15.8 Å². The van der Waals surface area contributed by atoms with Gasteiger partial charge in [0.25, 0.3) is 5.69 Å². The summed E-state index contributed by atoms with van der Waals surface area (Å²) >= 11 is 0. The fourth-order valence-corrected chi connectivity index (χ4v) is 1.31. The van der Waals surface area contributed by atoms with Crippen molar-refractivity contribution < 1.29 is 14.1 Å². The van der Waals surface area contributed by atoms with E-state index in [1.165, 1.54) is 0 Å². The molecule has 0 aromatic heterocycles. The summed E-state index contributed by atoms with van der Waals surface area (Å²) in [6.45, 7) is 6.67. The third kappa shape index (κ3) is 4.50. The minimum absolute atomic E-state index is 0.152. The first-order valence-electron chi connectivity index (χ1n) is 5.40. The number of ether oxygens (including phenoxy) is 1. The van der Waals surface area contributed by atoms with Crippen molar-refractivity contribution in [2.75, 3.05) is 25.1 Å². The monoisotopic (exact) mass is 254 g/mol. The Hall–Kier alpha value is -1.95. The smallest absolute Gasteiger partial charge is 0.292 e. The SMILES string of the molecule is C=C(C)COCCNc1cc(F)ccc1[N+](=O)[O-]. The summed E-state index contributed by atoms with van der Waals surface area (Å²) < 4.78 is 18.2. The highest BCUT2D eigenvalue weighted by atomic mass is 19.1. The molecule has 0 saturated carbocycles. The normalized spacial score (nSPS) is 10.1. The fourth-order valence-electron chi connectivity index (χ4n) is 1.31. The number of rotatable bonds is 7. The van der Waals surface area contributed by atoms with Gasteiger partial charge in [-0.3, -0.25) is 10.1 Å². The number of anilines is 1. The second-order valence-corrected chi connectivity index (χ2v) is 3.86. The molecule has 1 aromatic rings. The van der Waals surface area contributed by atoms with Crippen LogP contribution < -0.4 is 5.32 Å². The van der Waals surface area contributed by atoms with E-state index in [4.69, 9.17) is 4.74 Å². The van der Waals surface area contributed by atoms with Gasteiger partial charge in [-0.05, 0) is 13.0 Å². The van der Waals surface area contributed by atoms with E-state index in [2.05, 4.69) is 11.9 Å². The Morgan fingerprint density at radius 2 is 2.33 bits per heavy atom. The fraction of sp³-hybridized carbons (Fsp3) is 0.333.